The summed E-state index contributed by atoms with van der Waals surface area (Å²) in [7, 11) is -3.62. The van der Waals surface area contributed by atoms with Gasteiger partial charge in [-0.05, 0) is 159 Å². The average molecular weight is 879 g/mol. The third-order valence-electron chi connectivity index (χ3n) is 15.1. The Balaban J connectivity index is 1.57. The van der Waals surface area contributed by atoms with Crippen molar-refractivity contribution < 1.29 is 0 Å². The van der Waals surface area contributed by atoms with Gasteiger partial charge in [0.2, 0.25) is 0 Å². The van der Waals surface area contributed by atoms with Crippen molar-refractivity contribution >= 4 is 23.6 Å². The van der Waals surface area contributed by atoms with E-state index in [4.69, 9.17) is 0 Å². The van der Waals surface area contributed by atoms with E-state index in [-0.39, 0.29) is 5.54 Å². The van der Waals surface area contributed by atoms with E-state index in [1.807, 2.05) is 0 Å². The van der Waals surface area contributed by atoms with Crippen LogP contribution in [0.1, 0.15) is 44.4 Å². The molecular formula is C66H58Si. The summed E-state index contributed by atoms with van der Waals surface area (Å²) in [6.45, 7) is 17.1. The van der Waals surface area contributed by atoms with Gasteiger partial charge < -0.3 is 0 Å². The highest BCUT2D eigenvalue weighted by atomic mass is 28.3. The Labute approximate surface area is 399 Å². The molecule has 9 aromatic rings. The largest absolute Gasteiger partial charge is 0.162 e. The SMILES string of the molecule is CC1=C(C)C([Si](c2c(-c3ccccc3)ccc(-c3ccccc3)c2C)(c2c(-c3ccccc3)ccc(-c3ccccc3)c2C)c2c(-c3ccccc3)ccc(-c3ccccc3)c2C)C(C)=C1C. The summed E-state index contributed by atoms with van der Waals surface area (Å²) in [5.41, 5.74) is 25.0. The maximum atomic E-state index is 2.48. The van der Waals surface area contributed by atoms with Gasteiger partial charge in [0.25, 0.3) is 0 Å². The van der Waals surface area contributed by atoms with Crippen LogP contribution in [0.4, 0.5) is 0 Å². The van der Waals surface area contributed by atoms with Gasteiger partial charge in [0.15, 0.2) is 8.07 Å². The first kappa shape index (κ1) is 43.6. The molecule has 0 saturated carbocycles. The van der Waals surface area contributed by atoms with Crippen LogP contribution >= 0.6 is 0 Å². The van der Waals surface area contributed by atoms with Crippen LogP contribution < -0.4 is 15.6 Å². The van der Waals surface area contributed by atoms with Gasteiger partial charge in [-0.2, -0.15) is 0 Å². The van der Waals surface area contributed by atoms with Crippen LogP contribution in [0.2, 0.25) is 5.54 Å². The third-order valence-corrected chi connectivity index (χ3v) is 21.2. The fourth-order valence-electron chi connectivity index (χ4n) is 11.8. The van der Waals surface area contributed by atoms with E-state index in [9.17, 15) is 0 Å². The molecule has 9 aromatic carbocycles. The quantitative estimate of drug-likeness (QED) is 0.0948. The van der Waals surface area contributed by atoms with E-state index >= 15 is 0 Å². The molecule has 0 bridgehead atoms. The Kier molecular flexibility index (Phi) is 11.8. The lowest BCUT2D eigenvalue weighted by atomic mass is 9.94. The van der Waals surface area contributed by atoms with Gasteiger partial charge in [-0.25, -0.2) is 0 Å². The second kappa shape index (κ2) is 18.2. The fraction of sp³-hybridized carbons (Fsp3) is 0.121. The smallest absolute Gasteiger partial charge is 0.0647 e. The Hall–Kier alpha value is -7.32. The standard InChI is InChI=1S/C66H58Si/c1-44-45(2)47(4)63(46(44)3)67(64-48(5)57(51-26-14-8-15-27-51)38-41-60(64)54-32-20-11-21-33-54,65-49(6)58(52-28-16-9-17-29-52)39-42-61(65)55-34-22-12-23-35-55)66-50(7)59(53-30-18-10-19-31-53)40-43-62(66)56-36-24-13-25-37-56/h8-43,63H,1-7H3. The zero-order chi connectivity index (χ0) is 46.2. The molecule has 0 unspecified atom stereocenters. The summed E-state index contributed by atoms with van der Waals surface area (Å²) < 4.78 is 0. The lowest BCUT2D eigenvalue weighted by Gasteiger charge is -2.47. The van der Waals surface area contributed by atoms with Crippen LogP contribution in [0.25, 0.3) is 66.8 Å². The monoisotopic (exact) mass is 878 g/mol. The average Bonchev–Trinajstić information content (AvgIpc) is 3.57. The lowest BCUT2D eigenvalue weighted by Crippen LogP contribution is -2.73. The van der Waals surface area contributed by atoms with Gasteiger partial charge in [0.1, 0.15) is 0 Å². The summed E-state index contributed by atoms with van der Waals surface area (Å²) >= 11 is 0. The Morgan fingerprint density at radius 3 is 0.657 bits per heavy atom. The summed E-state index contributed by atoms with van der Waals surface area (Å²) in [5, 5.41) is 4.42. The number of hydrogen-bond donors (Lipinski definition) is 0. The first-order valence-corrected chi connectivity index (χ1v) is 25.9. The number of benzene rings is 9. The molecule has 0 aromatic heterocycles. The predicted molar refractivity (Wildman–Crippen MR) is 291 cm³/mol. The molecule has 0 nitrogen and oxygen atoms in total. The van der Waals surface area contributed by atoms with E-state index in [1.54, 1.807) is 0 Å². The molecule has 0 aliphatic heterocycles. The molecule has 0 radical (unpaired) electrons. The van der Waals surface area contributed by atoms with Gasteiger partial charge in [-0.1, -0.05) is 230 Å². The Morgan fingerprint density at radius 2 is 0.433 bits per heavy atom. The van der Waals surface area contributed by atoms with Crippen molar-refractivity contribution in [2.24, 2.45) is 0 Å². The highest BCUT2D eigenvalue weighted by molar-refractivity contribution is 7.15. The second-order valence-electron chi connectivity index (χ2n) is 18.5. The highest BCUT2D eigenvalue weighted by Crippen LogP contribution is 2.51. The first-order valence-electron chi connectivity index (χ1n) is 23.8. The zero-order valence-corrected chi connectivity index (χ0v) is 40.9. The minimum atomic E-state index is -3.62. The summed E-state index contributed by atoms with van der Waals surface area (Å²) in [4.78, 5) is 0. The van der Waals surface area contributed by atoms with Crippen molar-refractivity contribution in [1.29, 1.82) is 0 Å². The molecule has 0 fully saturated rings. The lowest BCUT2D eigenvalue weighted by molar-refractivity contribution is 1.09. The highest BCUT2D eigenvalue weighted by Gasteiger charge is 2.56. The number of hydrogen-bond acceptors (Lipinski definition) is 0. The Bertz CT molecular complexity index is 2970. The first-order chi connectivity index (χ1) is 32.7. The minimum Gasteiger partial charge on any atom is -0.0647 e. The molecule has 0 heterocycles. The number of rotatable bonds is 10. The van der Waals surface area contributed by atoms with Gasteiger partial charge in [0, 0.05) is 5.54 Å². The molecule has 326 valence electrons. The van der Waals surface area contributed by atoms with Crippen LogP contribution in [-0.2, 0) is 0 Å². The normalized spacial score (nSPS) is 13.1. The molecule has 0 amide bonds. The van der Waals surface area contributed by atoms with Crippen molar-refractivity contribution in [1.82, 2.24) is 0 Å². The third kappa shape index (κ3) is 7.39. The molecule has 0 saturated heterocycles. The topological polar surface area (TPSA) is 0 Å². The molecule has 0 N–H and O–H groups in total. The van der Waals surface area contributed by atoms with E-state index in [0.29, 0.717) is 0 Å². The van der Waals surface area contributed by atoms with Crippen molar-refractivity contribution in [3.05, 3.63) is 257 Å². The zero-order valence-electron chi connectivity index (χ0n) is 39.9. The van der Waals surface area contributed by atoms with Gasteiger partial charge in [-0.3, -0.25) is 0 Å². The maximum Gasteiger partial charge on any atom is 0.162 e. The molecule has 0 spiro atoms. The van der Waals surface area contributed by atoms with Gasteiger partial charge >= 0.3 is 0 Å². The van der Waals surface area contributed by atoms with E-state index in [1.165, 1.54) is 121 Å². The second-order valence-corrected chi connectivity index (χ2v) is 22.2. The van der Waals surface area contributed by atoms with Gasteiger partial charge in [-0.15, -0.1) is 0 Å². The maximum absolute atomic E-state index is 3.62. The molecule has 0 atom stereocenters. The molecule has 1 aliphatic rings. The molecular weight excluding hydrogens is 821 g/mol. The van der Waals surface area contributed by atoms with E-state index in [0.717, 1.165) is 0 Å². The fourth-order valence-corrected chi connectivity index (χ4v) is 19.3. The van der Waals surface area contributed by atoms with Crippen LogP contribution in [0.3, 0.4) is 0 Å². The van der Waals surface area contributed by atoms with Crippen molar-refractivity contribution in [3.63, 3.8) is 0 Å². The summed E-state index contributed by atoms with van der Waals surface area (Å²) in [5.74, 6) is 0. The van der Waals surface area contributed by atoms with Crippen molar-refractivity contribution in [2.45, 2.75) is 54.0 Å². The van der Waals surface area contributed by atoms with Crippen LogP contribution in [0.5, 0.6) is 0 Å². The molecule has 10 rings (SSSR count). The number of allylic oxidation sites excluding steroid dienone is 4. The van der Waals surface area contributed by atoms with Crippen LogP contribution in [0, 0.1) is 20.8 Å². The van der Waals surface area contributed by atoms with E-state index < -0.39 is 8.07 Å². The van der Waals surface area contributed by atoms with E-state index in [2.05, 4.69) is 267 Å². The predicted octanol–water partition coefficient (Wildman–Crippen LogP) is 16.1. The molecule has 1 aliphatic carbocycles. The van der Waals surface area contributed by atoms with Crippen molar-refractivity contribution in [3.8, 4) is 66.8 Å². The van der Waals surface area contributed by atoms with Crippen LogP contribution in [-0.4, -0.2) is 8.07 Å². The summed E-state index contributed by atoms with van der Waals surface area (Å²) in [6.07, 6.45) is 0. The summed E-state index contributed by atoms with van der Waals surface area (Å²) in [6, 6.07) is 81.8. The minimum absolute atomic E-state index is 0.0686. The van der Waals surface area contributed by atoms with Gasteiger partial charge in [0.05, 0.1) is 0 Å². The Morgan fingerprint density at radius 1 is 0.239 bits per heavy atom. The molecule has 67 heavy (non-hydrogen) atoms. The van der Waals surface area contributed by atoms with Crippen molar-refractivity contribution in [2.75, 3.05) is 0 Å². The van der Waals surface area contributed by atoms with Crippen LogP contribution in [0.15, 0.2) is 241 Å². The molecule has 1 heteroatoms.